The van der Waals surface area contributed by atoms with Gasteiger partial charge >= 0.3 is 11.9 Å². The smallest absolute Gasteiger partial charge is 0.336 e. The molecule has 0 aromatic heterocycles. The minimum atomic E-state index is -1.29. The SMILES string of the molecule is CCOC(=O)C1=C(CN(CC)CC(C)(C)N(CC(O)COc2ccccc2OC)C(c2ccccc2)(c2ccccc2)c2ccccc2)N=C(C)C(C(=O)O)C1c1cccc([N+](=O)[O-])c1. The molecule has 65 heavy (non-hydrogen) atoms. The molecular weight excluding hydrogens is 825 g/mol. The highest BCUT2D eigenvalue weighted by Gasteiger charge is 2.50. The fraction of sp³-hybridized carbons (Fsp3) is 0.327. The molecule has 2 N–H and O–H groups in total. The molecule has 1 heterocycles. The highest BCUT2D eigenvalue weighted by Crippen LogP contribution is 2.47. The number of likely N-dealkylation sites (N-methyl/N-ethyl adjacent to an activating group) is 1. The van der Waals surface area contributed by atoms with Crippen LogP contribution in [0.2, 0.25) is 0 Å². The van der Waals surface area contributed by atoms with E-state index < -0.39 is 45.9 Å². The fourth-order valence-electron chi connectivity index (χ4n) is 9.17. The van der Waals surface area contributed by atoms with E-state index in [9.17, 15) is 29.9 Å². The minimum Gasteiger partial charge on any atom is -0.493 e. The van der Waals surface area contributed by atoms with Crippen LogP contribution in [0.25, 0.3) is 0 Å². The second kappa shape index (κ2) is 21.3. The van der Waals surface area contributed by atoms with Crippen molar-refractivity contribution in [3.63, 3.8) is 0 Å². The van der Waals surface area contributed by atoms with Gasteiger partial charge in [-0.15, -0.1) is 0 Å². The fourth-order valence-corrected chi connectivity index (χ4v) is 9.17. The van der Waals surface area contributed by atoms with Crippen molar-refractivity contribution < 1.29 is 38.9 Å². The lowest BCUT2D eigenvalue weighted by Gasteiger charge is -2.54. The van der Waals surface area contributed by atoms with Gasteiger partial charge in [0, 0.05) is 48.9 Å². The number of para-hydroxylation sites is 2. The van der Waals surface area contributed by atoms with Crippen LogP contribution in [-0.2, 0) is 19.9 Å². The molecule has 0 amide bonds. The van der Waals surface area contributed by atoms with Crippen molar-refractivity contribution in [3.05, 3.63) is 183 Å². The molecule has 5 aromatic rings. The lowest BCUT2D eigenvalue weighted by Crippen LogP contribution is -2.63. The number of aliphatic hydroxyl groups excluding tert-OH is 1. The van der Waals surface area contributed by atoms with Crippen molar-refractivity contribution in [1.82, 2.24) is 9.80 Å². The molecule has 1 aliphatic heterocycles. The predicted molar refractivity (Wildman–Crippen MR) is 250 cm³/mol. The van der Waals surface area contributed by atoms with Gasteiger partial charge in [0.05, 0.1) is 35.4 Å². The molecule has 1 aliphatic rings. The third-order valence-electron chi connectivity index (χ3n) is 12.0. The summed E-state index contributed by atoms with van der Waals surface area (Å²) in [5.74, 6) is -3.33. The molecule has 5 aromatic carbocycles. The number of carbonyl (C=O) groups excluding carboxylic acids is 1. The standard InChI is InChI=1S/C52H58N4O9/c1-7-54(33-43-48(50(60)64-8-2)47(46(49(58)59)36(3)53-43)37-21-20-28-41(31-37)56(61)62)35-51(4,5)55(32-42(57)34-65-45-30-19-18-29-44(45)63-6)52(38-22-12-9-13-23-38,39-24-14-10-15-25-39)40-26-16-11-17-27-40/h9-31,42,46-47,57H,7-8,32-35H2,1-6H3,(H,58,59). The molecule has 0 fully saturated rings. The summed E-state index contributed by atoms with van der Waals surface area (Å²) in [6, 6.07) is 43.6. The van der Waals surface area contributed by atoms with Crippen LogP contribution < -0.4 is 9.47 Å². The molecule has 13 heteroatoms. The minimum absolute atomic E-state index is 0.0147. The highest BCUT2D eigenvalue weighted by atomic mass is 16.6. The van der Waals surface area contributed by atoms with Crippen LogP contribution in [0.4, 0.5) is 5.69 Å². The second-order valence-electron chi connectivity index (χ2n) is 16.6. The summed E-state index contributed by atoms with van der Waals surface area (Å²) >= 11 is 0. The Morgan fingerprint density at radius 2 is 1.38 bits per heavy atom. The number of aliphatic carboxylic acids is 1. The van der Waals surface area contributed by atoms with Crippen LogP contribution in [0.15, 0.2) is 156 Å². The van der Waals surface area contributed by atoms with E-state index >= 15 is 0 Å². The van der Waals surface area contributed by atoms with Gasteiger partial charge in [-0.1, -0.05) is 122 Å². The maximum atomic E-state index is 14.1. The van der Waals surface area contributed by atoms with E-state index in [1.807, 2.05) is 73.7 Å². The van der Waals surface area contributed by atoms with Crippen molar-refractivity contribution in [1.29, 1.82) is 0 Å². The zero-order chi connectivity index (χ0) is 46.7. The summed E-state index contributed by atoms with van der Waals surface area (Å²) in [4.78, 5) is 47.8. The first-order valence-electron chi connectivity index (χ1n) is 21.8. The summed E-state index contributed by atoms with van der Waals surface area (Å²) in [5.41, 5.74) is 1.74. The number of carbonyl (C=O) groups is 2. The van der Waals surface area contributed by atoms with Crippen molar-refractivity contribution in [2.24, 2.45) is 10.9 Å². The van der Waals surface area contributed by atoms with Gasteiger partial charge in [-0.3, -0.25) is 29.7 Å². The second-order valence-corrected chi connectivity index (χ2v) is 16.6. The first-order chi connectivity index (χ1) is 31.3. The monoisotopic (exact) mass is 882 g/mol. The number of nitrogens with zero attached hydrogens (tertiary/aromatic N) is 4. The highest BCUT2D eigenvalue weighted by molar-refractivity contribution is 6.06. The Labute approximate surface area is 380 Å². The molecule has 0 spiro atoms. The Kier molecular flexibility index (Phi) is 15.7. The number of non-ortho nitro benzene ring substituents is 1. The van der Waals surface area contributed by atoms with Crippen LogP contribution in [-0.4, -0.2) is 101 Å². The number of β-amino-alcohol motifs (C(OH)–C–C–N with tert-alkyl or cyclic N) is 1. The Morgan fingerprint density at radius 1 is 0.831 bits per heavy atom. The quantitative estimate of drug-likeness (QED) is 0.0314. The van der Waals surface area contributed by atoms with E-state index in [1.54, 1.807) is 39.2 Å². The van der Waals surface area contributed by atoms with Gasteiger partial charge in [0.1, 0.15) is 18.6 Å². The van der Waals surface area contributed by atoms with Gasteiger partial charge in [0.2, 0.25) is 0 Å². The zero-order valence-corrected chi connectivity index (χ0v) is 37.8. The van der Waals surface area contributed by atoms with E-state index in [0.717, 1.165) is 16.7 Å². The normalized spacial score (nSPS) is 15.9. The van der Waals surface area contributed by atoms with Gasteiger partial charge in [0.15, 0.2) is 11.5 Å². The first-order valence-corrected chi connectivity index (χ1v) is 21.8. The molecule has 6 rings (SSSR count). The first kappa shape index (κ1) is 47.8. The number of methoxy groups -OCH3 is 1. The topological polar surface area (TPSA) is 164 Å². The summed E-state index contributed by atoms with van der Waals surface area (Å²) in [6.45, 7) is 10.5. The third kappa shape index (κ3) is 10.5. The number of aliphatic imine (C=N–C) groups is 1. The molecule has 3 atom stereocenters. The number of benzene rings is 5. The van der Waals surface area contributed by atoms with E-state index in [-0.39, 0.29) is 43.3 Å². The van der Waals surface area contributed by atoms with Crippen LogP contribution in [0, 0.1) is 16.0 Å². The Hall–Kier alpha value is -6.67. The molecule has 0 aliphatic carbocycles. The number of carboxylic acid groups (broad SMARTS) is 1. The Bertz CT molecular complexity index is 2380. The third-order valence-corrected chi connectivity index (χ3v) is 12.0. The van der Waals surface area contributed by atoms with Gasteiger partial charge in [0.25, 0.3) is 5.69 Å². The van der Waals surface area contributed by atoms with E-state index in [1.165, 1.54) is 18.2 Å². The summed E-state index contributed by atoms with van der Waals surface area (Å²) in [6.07, 6.45) is -1.02. The van der Waals surface area contributed by atoms with Crippen molar-refractivity contribution >= 4 is 23.3 Å². The van der Waals surface area contributed by atoms with Crippen molar-refractivity contribution in [3.8, 4) is 11.5 Å². The molecule has 0 bridgehead atoms. The lowest BCUT2D eigenvalue weighted by atomic mass is 9.73. The number of esters is 1. The van der Waals surface area contributed by atoms with Gasteiger partial charge in [-0.2, -0.15) is 0 Å². The number of aliphatic hydroxyl groups is 1. The predicted octanol–water partition coefficient (Wildman–Crippen LogP) is 8.51. The van der Waals surface area contributed by atoms with E-state index in [2.05, 4.69) is 60.0 Å². The number of nitro groups is 1. The van der Waals surface area contributed by atoms with Crippen LogP contribution >= 0.6 is 0 Å². The summed E-state index contributed by atoms with van der Waals surface area (Å²) in [5, 5.41) is 34.7. The Morgan fingerprint density at radius 3 is 1.89 bits per heavy atom. The van der Waals surface area contributed by atoms with Crippen molar-refractivity contribution in [2.45, 2.75) is 57.7 Å². The number of nitro benzene ring substituents is 1. The van der Waals surface area contributed by atoms with E-state index in [0.29, 0.717) is 35.8 Å². The molecule has 3 unspecified atom stereocenters. The average molecular weight is 883 g/mol. The maximum absolute atomic E-state index is 14.1. The number of ether oxygens (including phenoxy) is 3. The van der Waals surface area contributed by atoms with Gasteiger partial charge in [-0.25, -0.2) is 4.79 Å². The molecule has 0 saturated heterocycles. The number of rotatable bonds is 21. The van der Waals surface area contributed by atoms with Crippen molar-refractivity contribution in [2.75, 3.05) is 46.5 Å². The maximum Gasteiger partial charge on any atom is 0.336 e. The molecule has 13 nitrogen and oxygen atoms in total. The number of hydrogen-bond donors (Lipinski definition) is 2. The van der Waals surface area contributed by atoms with E-state index in [4.69, 9.17) is 19.2 Å². The zero-order valence-electron chi connectivity index (χ0n) is 37.8. The van der Waals surface area contributed by atoms with Gasteiger partial charge < -0.3 is 24.4 Å². The number of carboxylic acids is 1. The summed E-state index contributed by atoms with van der Waals surface area (Å²) in [7, 11) is 1.57. The molecule has 0 saturated carbocycles. The van der Waals surface area contributed by atoms with Gasteiger partial charge in [-0.05, 0) is 68.6 Å². The molecular formula is C52H58N4O9. The molecule has 340 valence electrons. The largest absolute Gasteiger partial charge is 0.493 e. The van der Waals surface area contributed by atoms with Crippen LogP contribution in [0.1, 0.15) is 62.8 Å². The lowest BCUT2D eigenvalue weighted by molar-refractivity contribution is -0.384. The average Bonchev–Trinajstić information content (AvgIpc) is 3.31. The Balaban J connectivity index is 1.51. The van der Waals surface area contributed by atoms with Crippen LogP contribution in [0.3, 0.4) is 0 Å². The molecule has 0 radical (unpaired) electrons. The summed E-state index contributed by atoms with van der Waals surface area (Å²) < 4.78 is 17.4. The number of hydrogen-bond acceptors (Lipinski definition) is 11. The van der Waals surface area contributed by atoms with Crippen LogP contribution in [0.5, 0.6) is 11.5 Å².